The molecule has 0 saturated carbocycles. The van der Waals surface area contributed by atoms with Crippen LogP contribution >= 0.6 is 0 Å². The van der Waals surface area contributed by atoms with E-state index in [1.54, 1.807) is 0 Å². The molecule has 4 nitrogen and oxygen atoms in total. The highest BCUT2D eigenvalue weighted by Gasteiger charge is 2.24. The summed E-state index contributed by atoms with van der Waals surface area (Å²) < 4.78 is 15.8. The fourth-order valence-electron chi connectivity index (χ4n) is 8.86. The summed E-state index contributed by atoms with van der Waals surface area (Å²) in [7, 11) is 0. The monoisotopic (exact) mass is 716 g/mol. The number of fused-ring (bicyclic) bond motifs is 11. The van der Waals surface area contributed by atoms with Gasteiger partial charge in [0.15, 0.2) is 0 Å². The van der Waals surface area contributed by atoms with Crippen molar-refractivity contribution in [3.05, 3.63) is 194 Å². The van der Waals surface area contributed by atoms with Crippen LogP contribution in [-0.2, 0) is 0 Å². The Kier molecular flexibility index (Phi) is 6.60. The summed E-state index contributed by atoms with van der Waals surface area (Å²) in [5, 5.41) is 9.07. The predicted octanol–water partition coefficient (Wildman–Crippen LogP) is 14.9. The minimum atomic E-state index is 0.864. The number of nitrogens with zero attached hydrogens (tertiary/aromatic N) is 2. The van der Waals surface area contributed by atoms with Crippen LogP contribution in [0.1, 0.15) is 0 Å². The first-order valence-corrected chi connectivity index (χ1v) is 19.0. The molecule has 0 saturated heterocycles. The Hall–Kier alpha value is -7.56. The molecule has 0 amide bonds. The van der Waals surface area contributed by atoms with Gasteiger partial charge in [-0.1, -0.05) is 121 Å². The molecule has 262 valence electrons. The topological polar surface area (TPSA) is 34.5 Å². The Balaban J connectivity index is 1.19. The lowest BCUT2D eigenvalue weighted by Crippen LogP contribution is -2.11. The Morgan fingerprint density at radius 3 is 1.80 bits per heavy atom. The van der Waals surface area contributed by atoms with Crippen LogP contribution in [0.3, 0.4) is 0 Å². The zero-order valence-electron chi connectivity index (χ0n) is 30.2. The molecule has 0 unspecified atom stereocenters. The molecule has 3 heterocycles. The first kappa shape index (κ1) is 30.9. The molecule has 0 spiro atoms. The van der Waals surface area contributed by atoms with Crippen molar-refractivity contribution in [3.63, 3.8) is 0 Å². The predicted molar refractivity (Wildman–Crippen MR) is 233 cm³/mol. The van der Waals surface area contributed by atoms with Crippen molar-refractivity contribution >= 4 is 93.5 Å². The largest absolute Gasteiger partial charge is 0.455 e. The summed E-state index contributed by atoms with van der Waals surface area (Å²) in [5.41, 5.74) is 12.1. The maximum absolute atomic E-state index is 6.72. The highest BCUT2D eigenvalue weighted by molar-refractivity contribution is 6.17. The molecule has 0 radical (unpaired) electrons. The summed E-state index contributed by atoms with van der Waals surface area (Å²) in [6.07, 6.45) is 0. The molecule has 0 N–H and O–H groups in total. The molecule has 9 aromatic carbocycles. The van der Waals surface area contributed by atoms with Crippen LogP contribution in [0.15, 0.2) is 203 Å². The average molecular weight is 717 g/mol. The van der Waals surface area contributed by atoms with Gasteiger partial charge in [0.2, 0.25) is 0 Å². The maximum atomic E-state index is 6.72. The molecule has 0 aliphatic heterocycles. The van der Waals surface area contributed by atoms with Crippen molar-refractivity contribution in [2.75, 3.05) is 4.90 Å². The standard InChI is InChI=1S/C52H32N2O2/c1-3-15-34(16-4-1)53(35-17-5-2-6-18-35)47-32-48-44(31-45(47)42-23-13-22-41-39-21-10-12-25-49(39)55-52(41)42)38-20-9-11-24-46(38)54(48)36-27-29-40-43-28-26-33-14-7-8-19-37(33)51(43)56-50(40)30-36/h1-32H. The van der Waals surface area contributed by atoms with Crippen molar-refractivity contribution in [3.8, 4) is 16.8 Å². The molecular weight excluding hydrogens is 685 g/mol. The maximum Gasteiger partial charge on any atom is 0.143 e. The van der Waals surface area contributed by atoms with Crippen LogP contribution in [0, 0.1) is 0 Å². The molecular formula is C52H32N2O2. The van der Waals surface area contributed by atoms with E-state index < -0.39 is 0 Å². The molecule has 0 fully saturated rings. The molecule has 12 aromatic rings. The molecule has 0 aliphatic carbocycles. The number of hydrogen-bond donors (Lipinski definition) is 0. The number of rotatable bonds is 5. The van der Waals surface area contributed by atoms with Gasteiger partial charge >= 0.3 is 0 Å². The van der Waals surface area contributed by atoms with Crippen LogP contribution in [0.25, 0.3) is 93.3 Å². The zero-order chi connectivity index (χ0) is 36.7. The van der Waals surface area contributed by atoms with E-state index in [0.29, 0.717) is 0 Å². The summed E-state index contributed by atoms with van der Waals surface area (Å²) in [6.45, 7) is 0. The lowest BCUT2D eigenvalue weighted by molar-refractivity contribution is 0.670. The van der Waals surface area contributed by atoms with Gasteiger partial charge in [0.05, 0.1) is 16.7 Å². The third kappa shape index (κ3) is 4.53. The molecule has 0 atom stereocenters. The zero-order valence-corrected chi connectivity index (χ0v) is 30.2. The molecule has 56 heavy (non-hydrogen) atoms. The van der Waals surface area contributed by atoms with Gasteiger partial charge in [-0.3, -0.25) is 0 Å². The van der Waals surface area contributed by atoms with Gasteiger partial charge in [0.1, 0.15) is 22.3 Å². The van der Waals surface area contributed by atoms with Crippen molar-refractivity contribution in [2.24, 2.45) is 0 Å². The van der Waals surface area contributed by atoms with Gasteiger partial charge < -0.3 is 18.3 Å². The van der Waals surface area contributed by atoms with Gasteiger partial charge in [-0.2, -0.15) is 0 Å². The Labute approximate surface area is 321 Å². The van der Waals surface area contributed by atoms with Gasteiger partial charge in [0, 0.05) is 72.0 Å². The molecule has 12 rings (SSSR count). The smallest absolute Gasteiger partial charge is 0.143 e. The normalized spacial score (nSPS) is 11.9. The van der Waals surface area contributed by atoms with Gasteiger partial charge in [-0.15, -0.1) is 0 Å². The van der Waals surface area contributed by atoms with E-state index in [4.69, 9.17) is 8.83 Å². The highest BCUT2D eigenvalue weighted by Crippen LogP contribution is 2.48. The van der Waals surface area contributed by atoms with E-state index in [1.165, 1.54) is 10.8 Å². The molecule has 3 aromatic heterocycles. The van der Waals surface area contributed by atoms with Crippen LogP contribution in [0.2, 0.25) is 0 Å². The number of anilines is 3. The van der Waals surface area contributed by atoms with Crippen molar-refractivity contribution in [2.45, 2.75) is 0 Å². The summed E-state index contributed by atoms with van der Waals surface area (Å²) in [4.78, 5) is 2.37. The second-order valence-electron chi connectivity index (χ2n) is 14.5. The minimum absolute atomic E-state index is 0.864. The van der Waals surface area contributed by atoms with E-state index in [0.717, 1.165) is 99.6 Å². The van der Waals surface area contributed by atoms with Crippen molar-refractivity contribution in [1.29, 1.82) is 0 Å². The third-order valence-corrected chi connectivity index (χ3v) is 11.4. The third-order valence-electron chi connectivity index (χ3n) is 11.4. The first-order chi connectivity index (χ1) is 27.8. The Bertz CT molecular complexity index is 3440. The highest BCUT2D eigenvalue weighted by atomic mass is 16.3. The number of para-hydroxylation sites is 5. The van der Waals surface area contributed by atoms with E-state index in [2.05, 4.69) is 198 Å². The van der Waals surface area contributed by atoms with Crippen LogP contribution < -0.4 is 4.90 Å². The lowest BCUT2D eigenvalue weighted by Gasteiger charge is -2.28. The Morgan fingerprint density at radius 1 is 0.357 bits per heavy atom. The van der Waals surface area contributed by atoms with Crippen LogP contribution in [-0.4, -0.2) is 4.57 Å². The minimum Gasteiger partial charge on any atom is -0.455 e. The fraction of sp³-hybridized carbons (Fsp3) is 0. The van der Waals surface area contributed by atoms with Crippen molar-refractivity contribution in [1.82, 2.24) is 4.57 Å². The quantitative estimate of drug-likeness (QED) is 0.178. The van der Waals surface area contributed by atoms with E-state index in [-0.39, 0.29) is 0 Å². The lowest BCUT2D eigenvalue weighted by atomic mass is 9.97. The van der Waals surface area contributed by atoms with Gasteiger partial charge in [-0.25, -0.2) is 0 Å². The Morgan fingerprint density at radius 2 is 0.982 bits per heavy atom. The second-order valence-corrected chi connectivity index (χ2v) is 14.5. The van der Waals surface area contributed by atoms with Gasteiger partial charge in [0.25, 0.3) is 0 Å². The SMILES string of the molecule is c1ccc(N(c2ccccc2)c2cc3c(cc2-c2cccc4c2oc2ccccc24)c2ccccc2n3-c2ccc3c(c2)oc2c4ccccc4ccc32)cc1. The van der Waals surface area contributed by atoms with Crippen LogP contribution in [0.4, 0.5) is 17.1 Å². The van der Waals surface area contributed by atoms with Crippen molar-refractivity contribution < 1.29 is 8.83 Å². The summed E-state index contributed by atoms with van der Waals surface area (Å²) >= 11 is 0. The first-order valence-electron chi connectivity index (χ1n) is 19.0. The number of benzene rings is 9. The van der Waals surface area contributed by atoms with Gasteiger partial charge in [-0.05, 0) is 72.1 Å². The van der Waals surface area contributed by atoms with E-state index >= 15 is 0 Å². The number of furan rings is 2. The summed E-state index contributed by atoms with van der Waals surface area (Å²) in [5.74, 6) is 0. The molecule has 0 bridgehead atoms. The van der Waals surface area contributed by atoms with E-state index in [9.17, 15) is 0 Å². The average Bonchev–Trinajstić information content (AvgIpc) is 3.93. The fourth-order valence-corrected chi connectivity index (χ4v) is 8.86. The molecule has 0 aliphatic rings. The van der Waals surface area contributed by atoms with E-state index in [1.807, 2.05) is 6.07 Å². The summed E-state index contributed by atoms with van der Waals surface area (Å²) in [6, 6.07) is 69.0. The molecule has 4 heteroatoms. The number of aromatic nitrogens is 1. The second kappa shape index (κ2) is 12.0. The number of hydrogen-bond acceptors (Lipinski definition) is 3. The van der Waals surface area contributed by atoms with Crippen LogP contribution in [0.5, 0.6) is 0 Å².